The molecular formula is C32H27N5. The smallest absolute Gasteiger partial charge is 0.164 e. The summed E-state index contributed by atoms with van der Waals surface area (Å²) in [5.41, 5.74) is 6.97. The molecule has 1 aliphatic rings. The van der Waals surface area contributed by atoms with Gasteiger partial charge in [0, 0.05) is 16.7 Å². The van der Waals surface area contributed by atoms with Crippen LogP contribution in [0.1, 0.15) is 38.0 Å². The molecule has 0 saturated heterocycles. The summed E-state index contributed by atoms with van der Waals surface area (Å²) in [6.45, 7) is 10.4. The monoisotopic (exact) mass is 481 g/mol. The Morgan fingerprint density at radius 1 is 0.838 bits per heavy atom. The van der Waals surface area contributed by atoms with Crippen molar-refractivity contribution in [3.8, 4) is 28.5 Å². The molecule has 0 saturated carbocycles. The molecule has 0 aliphatic carbocycles. The Hall–Kier alpha value is -4.64. The van der Waals surface area contributed by atoms with Gasteiger partial charge in [-0.15, -0.1) is 0 Å². The minimum Gasteiger partial charge on any atom is -0.295 e. The summed E-state index contributed by atoms with van der Waals surface area (Å²) >= 11 is 0. The highest BCUT2D eigenvalue weighted by molar-refractivity contribution is 5.85. The maximum atomic E-state index is 5.10. The lowest BCUT2D eigenvalue weighted by atomic mass is 9.86. The fraction of sp³-hybridized carbons (Fsp3) is 0.125. The van der Waals surface area contributed by atoms with Crippen molar-refractivity contribution in [1.29, 1.82) is 0 Å². The van der Waals surface area contributed by atoms with E-state index in [-0.39, 0.29) is 5.41 Å². The predicted octanol–water partition coefficient (Wildman–Crippen LogP) is 7.33. The minimum absolute atomic E-state index is 0.174. The lowest BCUT2D eigenvalue weighted by molar-refractivity contribution is 0.621. The number of rotatable bonds is 5. The number of para-hydroxylation sites is 1. The Morgan fingerprint density at radius 3 is 2.32 bits per heavy atom. The molecule has 3 heterocycles. The number of aromatic nitrogens is 5. The first-order valence-electron chi connectivity index (χ1n) is 12.4. The standard InChI is InChI=1S/C32H27N5/c1-5-7-13-21(6-2)28-34-29(22-14-9-8-10-15-22)36-30(35-28)23-18-19-27-25(20-23)33-31-32(3,4)24-16-11-12-17-26(24)37(27)31/h5-20H,2H2,1,3-4H3/b7-5-,21-13+. The van der Waals surface area contributed by atoms with E-state index in [1.54, 1.807) is 6.08 Å². The van der Waals surface area contributed by atoms with Gasteiger partial charge in [-0.1, -0.05) is 79.4 Å². The molecule has 2 aromatic heterocycles. The minimum atomic E-state index is -0.174. The molecule has 5 aromatic rings. The molecule has 5 nitrogen and oxygen atoms in total. The van der Waals surface area contributed by atoms with E-state index in [4.69, 9.17) is 19.9 Å². The lowest BCUT2D eigenvalue weighted by Gasteiger charge is -2.17. The van der Waals surface area contributed by atoms with E-state index in [1.807, 2.05) is 55.5 Å². The number of imidazole rings is 1. The maximum Gasteiger partial charge on any atom is 0.164 e. The number of nitrogens with zero attached hydrogens (tertiary/aromatic N) is 5. The number of hydrogen-bond acceptors (Lipinski definition) is 4. The molecule has 0 spiro atoms. The number of fused-ring (bicyclic) bond motifs is 5. The molecule has 6 rings (SSSR count). The van der Waals surface area contributed by atoms with Crippen LogP contribution in [0.25, 0.3) is 45.1 Å². The first kappa shape index (κ1) is 22.8. The Kier molecular flexibility index (Phi) is 5.41. The Balaban J connectivity index is 1.53. The summed E-state index contributed by atoms with van der Waals surface area (Å²) in [6, 6.07) is 24.8. The maximum absolute atomic E-state index is 5.10. The van der Waals surface area contributed by atoms with Crippen molar-refractivity contribution in [3.05, 3.63) is 121 Å². The van der Waals surface area contributed by atoms with E-state index in [1.165, 1.54) is 11.3 Å². The van der Waals surface area contributed by atoms with Gasteiger partial charge in [0.05, 0.1) is 22.1 Å². The van der Waals surface area contributed by atoms with E-state index in [0.29, 0.717) is 17.5 Å². The highest BCUT2D eigenvalue weighted by Gasteiger charge is 2.38. The lowest BCUT2D eigenvalue weighted by Crippen LogP contribution is -2.16. The van der Waals surface area contributed by atoms with E-state index in [2.05, 4.69) is 67.5 Å². The Morgan fingerprint density at radius 2 is 1.57 bits per heavy atom. The van der Waals surface area contributed by atoms with Crippen molar-refractivity contribution >= 4 is 16.6 Å². The van der Waals surface area contributed by atoms with Crippen molar-refractivity contribution in [2.24, 2.45) is 0 Å². The van der Waals surface area contributed by atoms with Gasteiger partial charge in [0.1, 0.15) is 5.82 Å². The van der Waals surface area contributed by atoms with Crippen LogP contribution in [0.5, 0.6) is 0 Å². The summed E-state index contributed by atoms with van der Waals surface area (Å²) in [5.74, 6) is 2.85. The second-order valence-corrected chi connectivity index (χ2v) is 9.64. The van der Waals surface area contributed by atoms with Crippen LogP contribution in [0.15, 0.2) is 104 Å². The zero-order chi connectivity index (χ0) is 25.6. The predicted molar refractivity (Wildman–Crippen MR) is 150 cm³/mol. The number of benzene rings is 3. The summed E-state index contributed by atoms with van der Waals surface area (Å²) < 4.78 is 2.28. The van der Waals surface area contributed by atoms with Gasteiger partial charge < -0.3 is 0 Å². The molecule has 0 radical (unpaired) electrons. The van der Waals surface area contributed by atoms with Crippen LogP contribution in [0.2, 0.25) is 0 Å². The van der Waals surface area contributed by atoms with Gasteiger partial charge in [0.2, 0.25) is 0 Å². The van der Waals surface area contributed by atoms with Crippen LogP contribution >= 0.6 is 0 Å². The Labute approximate surface area is 216 Å². The molecule has 0 bridgehead atoms. The summed E-state index contributed by atoms with van der Waals surface area (Å²) in [7, 11) is 0. The van der Waals surface area contributed by atoms with Crippen LogP contribution in [-0.2, 0) is 5.41 Å². The van der Waals surface area contributed by atoms with Crippen LogP contribution in [0, 0.1) is 0 Å². The SMILES string of the molecule is C=C/C(=C\C=C/C)c1nc(-c2ccccc2)nc(-c2ccc3c(c2)nc2n3-c3ccccc3C2(C)C)n1. The molecule has 3 aromatic carbocycles. The molecule has 0 unspecified atom stereocenters. The molecule has 1 aliphatic heterocycles. The van der Waals surface area contributed by atoms with Crippen LogP contribution in [-0.4, -0.2) is 24.5 Å². The second-order valence-electron chi connectivity index (χ2n) is 9.64. The molecule has 5 heteroatoms. The third-order valence-corrected chi connectivity index (χ3v) is 6.90. The quantitative estimate of drug-likeness (QED) is 0.247. The molecule has 37 heavy (non-hydrogen) atoms. The van der Waals surface area contributed by atoms with Gasteiger partial charge >= 0.3 is 0 Å². The molecular weight excluding hydrogens is 454 g/mol. The zero-order valence-electron chi connectivity index (χ0n) is 21.2. The topological polar surface area (TPSA) is 56.5 Å². The summed E-state index contributed by atoms with van der Waals surface area (Å²) in [6.07, 6.45) is 7.66. The summed E-state index contributed by atoms with van der Waals surface area (Å²) in [4.78, 5) is 19.6. The second kappa shape index (κ2) is 8.79. The largest absolute Gasteiger partial charge is 0.295 e. The van der Waals surface area contributed by atoms with E-state index in [0.717, 1.165) is 33.6 Å². The molecule has 180 valence electrons. The first-order valence-corrected chi connectivity index (χ1v) is 12.4. The molecule has 0 amide bonds. The van der Waals surface area contributed by atoms with Gasteiger partial charge in [-0.25, -0.2) is 19.9 Å². The zero-order valence-corrected chi connectivity index (χ0v) is 21.2. The van der Waals surface area contributed by atoms with Gasteiger partial charge in [-0.3, -0.25) is 4.57 Å². The summed E-state index contributed by atoms with van der Waals surface area (Å²) in [5, 5.41) is 0. The molecule has 0 N–H and O–H groups in total. The van der Waals surface area contributed by atoms with Crippen molar-refractivity contribution in [1.82, 2.24) is 24.5 Å². The van der Waals surface area contributed by atoms with Crippen molar-refractivity contribution in [2.75, 3.05) is 0 Å². The highest BCUT2D eigenvalue weighted by Crippen LogP contribution is 2.44. The molecule has 0 atom stereocenters. The fourth-order valence-corrected chi connectivity index (χ4v) is 4.98. The van der Waals surface area contributed by atoms with Gasteiger partial charge in [-0.05, 0) is 50.6 Å². The third-order valence-electron chi connectivity index (χ3n) is 6.90. The van der Waals surface area contributed by atoms with Crippen molar-refractivity contribution in [3.63, 3.8) is 0 Å². The fourth-order valence-electron chi connectivity index (χ4n) is 4.98. The normalized spacial score (nSPS) is 14.2. The van der Waals surface area contributed by atoms with Gasteiger partial charge in [0.25, 0.3) is 0 Å². The Bertz CT molecular complexity index is 1720. The van der Waals surface area contributed by atoms with Crippen LogP contribution in [0.4, 0.5) is 0 Å². The molecule has 0 fully saturated rings. The first-order chi connectivity index (χ1) is 18.0. The average molecular weight is 482 g/mol. The highest BCUT2D eigenvalue weighted by atomic mass is 15.1. The number of hydrogen-bond donors (Lipinski definition) is 0. The van der Waals surface area contributed by atoms with E-state index in [9.17, 15) is 0 Å². The average Bonchev–Trinajstić information content (AvgIpc) is 3.43. The van der Waals surface area contributed by atoms with Gasteiger partial charge in [-0.2, -0.15) is 0 Å². The van der Waals surface area contributed by atoms with Crippen molar-refractivity contribution < 1.29 is 0 Å². The van der Waals surface area contributed by atoms with E-state index < -0.39 is 0 Å². The number of allylic oxidation sites excluding steroid dienone is 5. The van der Waals surface area contributed by atoms with Crippen LogP contribution in [0.3, 0.4) is 0 Å². The van der Waals surface area contributed by atoms with Gasteiger partial charge in [0.15, 0.2) is 17.5 Å². The van der Waals surface area contributed by atoms with E-state index >= 15 is 0 Å². The van der Waals surface area contributed by atoms with Crippen LogP contribution < -0.4 is 0 Å². The van der Waals surface area contributed by atoms with Crippen molar-refractivity contribution in [2.45, 2.75) is 26.2 Å². The third kappa shape index (κ3) is 3.71.